The lowest BCUT2D eigenvalue weighted by Gasteiger charge is -2.19. The fourth-order valence-corrected chi connectivity index (χ4v) is 1.14. The minimum Gasteiger partial charge on any atom is -0.480 e. The van der Waals surface area contributed by atoms with Crippen molar-refractivity contribution in [1.82, 2.24) is 5.32 Å². The fraction of sp³-hybridized carbons (Fsp3) is 0.500. The molecule has 0 radical (unpaired) electrons. The maximum Gasteiger partial charge on any atom is 0.326 e. The Morgan fingerprint density at radius 2 is 2.00 bits per heavy atom. The lowest BCUT2D eigenvalue weighted by Crippen LogP contribution is -2.44. The summed E-state index contributed by atoms with van der Waals surface area (Å²) in [6.07, 6.45) is 7.09. The van der Waals surface area contributed by atoms with Gasteiger partial charge in [0, 0.05) is 6.08 Å². The molecule has 2 atom stereocenters. The zero-order chi connectivity index (χ0) is 12.6. The predicted octanol–water partition coefficient (Wildman–Crippen LogP) is 1.73. The zero-order valence-corrected chi connectivity index (χ0v) is 9.93. The average Bonchev–Trinajstić information content (AvgIpc) is 2.25. The van der Waals surface area contributed by atoms with E-state index < -0.39 is 12.0 Å². The Balaban J connectivity index is 4.41. The largest absolute Gasteiger partial charge is 0.480 e. The van der Waals surface area contributed by atoms with E-state index >= 15 is 0 Å². The molecule has 0 aromatic heterocycles. The van der Waals surface area contributed by atoms with Gasteiger partial charge >= 0.3 is 5.97 Å². The summed E-state index contributed by atoms with van der Waals surface area (Å²) in [7, 11) is 0. The van der Waals surface area contributed by atoms with Crippen molar-refractivity contribution in [3.8, 4) is 0 Å². The van der Waals surface area contributed by atoms with Crippen molar-refractivity contribution in [3.63, 3.8) is 0 Å². The third-order valence-electron chi connectivity index (χ3n) is 2.33. The van der Waals surface area contributed by atoms with E-state index in [0.29, 0.717) is 6.42 Å². The van der Waals surface area contributed by atoms with Gasteiger partial charge < -0.3 is 10.4 Å². The summed E-state index contributed by atoms with van der Waals surface area (Å²) in [6, 6.07) is -0.826. The highest BCUT2D eigenvalue weighted by atomic mass is 16.4. The van der Waals surface area contributed by atoms with Gasteiger partial charge in [0.1, 0.15) is 6.04 Å². The molecule has 16 heavy (non-hydrogen) atoms. The molecule has 0 aromatic rings. The maximum absolute atomic E-state index is 11.4. The van der Waals surface area contributed by atoms with Crippen LogP contribution in [0.15, 0.2) is 24.3 Å². The molecule has 0 saturated carbocycles. The number of carbonyl (C=O) groups is 2. The van der Waals surface area contributed by atoms with Crippen molar-refractivity contribution in [2.75, 3.05) is 0 Å². The minimum atomic E-state index is -0.998. The molecule has 0 aliphatic carbocycles. The van der Waals surface area contributed by atoms with Crippen LogP contribution in [0.5, 0.6) is 0 Å². The number of aliphatic carboxylic acids is 1. The number of amides is 1. The molecule has 0 fully saturated rings. The molecule has 90 valence electrons. The SMILES string of the molecule is CC=CC=CC(=O)N[C@H](C(=O)O)[C@@H](C)CC. The van der Waals surface area contributed by atoms with Crippen LogP contribution in [0, 0.1) is 5.92 Å². The number of hydrogen-bond acceptors (Lipinski definition) is 2. The van der Waals surface area contributed by atoms with Crippen LogP contribution in [-0.2, 0) is 9.59 Å². The van der Waals surface area contributed by atoms with Gasteiger partial charge in [-0.3, -0.25) is 4.79 Å². The third kappa shape index (κ3) is 5.34. The molecule has 0 unspecified atom stereocenters. The first kappa shape index (κ1) is 14.4. The molecule has 0 spiro atoms. The molecule has 0 saturated heterocycles. The van der Waals surface area contributed by atoms with Crippen LogP contribution >= 0.6 is 0 Å². The van der Waals surface area contributed by atoms with Gasteiger partial charge in [-0.25, -0.2) is 4.79 Å². The Morgan fingerprint density at radius 3 is 2.44 bits per heavy atom. The molecule has 0 bridgehead atoms. The number of carboxylic acids is 1. The second-order valence-electron chi connectivity index (χ2n) is 3.59. The zero-order valence-electron chi connectivity index (χ0n) is 9.93. The van der Waals surface area contributed by atoms with Crippen molar-refractivity contribution in [1.29, 1.82) is 0 Å². The van der Waals surface area contributed by atoms with Crippen molar-refractivity contribution >= 4 is 11.9 Å². The lowest BCUT2D eigenvalue weighted by atomic mass is 9.99. The highest BCUT2D eigenvalue weighted by Gasteiger charge is 2.24. The monoisotopic (exact) mass is 225 g/mol. The van der Waals surface area contributed by atoms with E-state index in [1.54, 1.807) is 25.2 Å². The van der Waals surface area contributed by atoms with Gasteiger partial charge in [-0.1, -0.05) is 38.5 Å². The summed E-state index contributed by atoms with van der Waals surface area (Å²) in [4.78, 5) is 22.3. The Morgan fingerprint density at radius 1 is 1.38 bits per heavy atom. The predicted molar refractivity (Wildman–Crippen MR) is 63.0 cm³/mol. The van der Waals surface area contributed by atoms with Crippen LogP contribution in [0.2, 0.25) is 0 Å². The third-order valence-corrected chi connectivity index (χ3v) is 2.33. The van der Waals surface area contributed by atoms with Crippen molar-refractivity contribution < 1.29 is 14.7 Å². The molecule has 4 heteroatoms. The number of carboxylic acid groups (broad SMARTS) is 1. The molecular weight excluding hydrogens is 206 g/mol. The second kappa shape index (κ2) is 7.68. The van der Waals surface area contributed by atoms with E-state index in [0.717, 1.165) is 0 Å². The van der Waals surface area contributed by atoms with Gasteiger partial charge in [0.15, 0.2) is 0 Å². The normalized spacial score (nSPS) is 15.2. The first-order chi connectivity index (χ1) is 7.52. The standard InChI is InChI=1S/C12H19NO3/c1-4-6-7-8-10(14)13-11(12(15)16)9(3)5-2/h4,6-9,11H,5H2,1-3H3,(H,13,14)(H,15,16)/t9-,11-/m0/s1. The number of carbonyl (C=O) groups excluding carboxylic acids is 1. The number of nitrogens with one attached hydrogen (secondary N) is 1. The van der Waals surface area contributed by atoms with Gasteiger partial charge in [0.2, 0.25) is 5.91 Å². The minimum absolute atomic E-state index is 0.0865. The van der Waals surface area contributed by atoms with Crippen molar-refractivity contribution in [3.05, 3.63) is 24.3 Å². The fourth-order valence-electron chi connectivity index (χ4n) is 1.14. The molecule has 0 aliphatic heterocycles. The lowest BCUT2D eigenvalue weighted by molar-refractivity contribution is -0.142. The Hall–Kier alpha value is -1.58. The molecule has 0 aliphatic rings. The van der Waals surface area contributed by atoms with Crippen LogP contribution in [0.25, 0.3) is 0 Å². The summed E-state index contributed by atoms with van der Waals surface area (Å²) in [5, 5.41) is 11.4. The smallest absolute Gasteiger partial charge is 0.326 e. The van der Waals surface area contributed by atoms with E-state index in [-0.39, 0.29) is 11.8 Å². The maximum atomic E-state index is 11.4. The highest BCUT2D eigenvalue weighted by molar-refractivity contribution is 5.91. The van der Waals surface area contributed by atoms with E-state index in [9.17, 15) is 9.59 Å². The van der Waals surface area contributed by atoms with Crippen LogP contribution < -0.4 is 5.32 Å². The van der Waals surface area contributed by atoms with Gasteiger partial charge in [0.05, 0.1) is 0 Å². The summed E-state index contributed by atoms with van der Waals surface area (Å²) in [5.41, 5.74) is 0. The molecular formula is C12H19NO3. The number of hydrogen-bond donors (Lipinski definition) is 2. The van der Waals surface area contributed by atoms with Crippen molar-refractivity contribution in [2.45, 2.75) is 33.2 Å². The second-order valence-corrected chi connectivity index (χ2v) is 3.59. The van der Waals surface area contributed by atoms with Gasteiger partial charge in [0.25, 0.3) is 0 Å². The van der Waals surface area contributed by atoms with Gasteiger partial charge in [-0.15, -0.1) is 0 Å². The Labute approximate surface area is 96.0 Å². The van der Waals surface area contributed by atoms with E-state index in [1.165, 1.54) is 6.08 Å². The topological polar surface area (TPSA) is 66.4 Å². The van der Waals surface area contributed by atoms with Crippen LogP contribution in [0.1, 0.15) is 27.2 Å². The highest BCUT2D eigenvalue weighted by Crippen LogP contribution is 2.07. The molecule has 2 N–H and O–H groups in total. The summed E-state index contributed by atoms with van der Waals surface area (Å²) in [6.45, 7) is 5.53. The van der Waals surface area contributed by atoms with Crippen molar-refractivity contribution in [2.24, 2.45) is 5.92 Å². The average molecular weight is 225 g/mol. The first-order valence-corrected chi connectivity index (χ1v) is 5.35. The summed E-state index contributed by atoms with van der Waals surface area (Å²) < 4.78 is 0. The molecule has 0 rings (SSSR count). The number of allylic oxidation sites excluding steroid dienone is 3. The van der Waals surface area contributed by atoms with Crippen LogP contribution in [0.4, 0.5) is 0 Å². The van der Waals surface area contributed by atoms with Gasteiger partial charge in [-0.05, 0) is 12.8 Å². The molecule has 1 amide bonds. The Bertz CT molecular complexity index is 295. The molecule has 4 nitrogen and oxygen atoms in total. The summed E-state index contributed by atoms with van der Waals surface area (Å²) in [5.74, 6) is -1.47. The summed E-state index contributed by atoms with van der Waals surface area (Å²) >= 11 is 0. The van der Waals surface area contributed by atoms with E-state index in [4.69, 9.17) is 5.11 Å². The first-order valence-electron chi connectivity index (χ1n) is 5.35. The quantitative estimate of drug-likeness (QED) is 0.534. The Kier molecular flexibility index (Phi) is 6.92. The number of rotatable bonds is 6. The van der Waals surface area contributed by atoms with E-state index in [1.807, 2.05) is 13.8 Å². The molecule has 0 heterocycles. The van der Waals surface area contributed by atoms with Crippen LogP contribution in [0.3, 0.4) is 0 Å². The van der Waals surface area contributed by atoms with E-state index in [2.05, 4.69) is 5.32 Å². The van der Waals surface area contributed by atoms with Gasteiger partial charge in [-0.2, -0.15) is 0 Å². The molecule has 0 aromatic carbocycles. The van der Waals surface area contributed by atoms with Crippen LogP contribution in [-0.4, -0.2) is 23.0 Å².